The monoisotopic (exact) mass is 425 g/mol. The van der Waals surface area contributed by atoms with Crippen molar-refractivity contribution in [2.24, 2.45) is 0 Å². The lowest BCUT2D eigenvalue weighted by Gasteiger charge is -2.11. The molecular weight excluding hydrogens is 405 g/mol. The zero-order chi connectivity index (χ0) is 22.1. The maximum Gasteiger partial charge on any atom is 0.247 e. The Balaban J connectivity index is 1.48. The summed E-state index contributed by atoms with van der Waals surface area (Å²) in [6.45, 7) is 1.96. The number of nitrogens with zero attached hydrogens (tertiary/aromatic N) is 4. The number of halogens is 1. The third kappa shape index (κ3) is 3.76. The van der Waals surface area contributed by atoms with Crippen LogP contribution in [-0.2, 0) is 0 Å². The number of rotatable bonds is 5. The Hall–Kier alpha value is -4.26. The average Bonchev–Trinajstić information content (AvgIpc) is 3.22. The number of anilines is 2. The first-order valence-electron chi connectivity index (χ1n) is 10.1. The molecule has 0 saturated carbocycles. The summed E-state index contributed by atoms with van der Waals surface area (Å²) in [5, 5.41) is 7.86. The fourth-order valence-electron chi connectivity index (χ4n) is 3.65. The molecule has 7 heteroatoms. The van der Waals surface area contributed by atoms with Gasteiger partial charge in [-0.05, 0) is 73.2 Å². The van der Waals surface area contributed by atoms with E-state index in [1.54, 1.807) is 30.0 Å². The maximum atomic E-state index is 13.3. The second-order valence-corrected chi connectivity index (χ2v) is 7.35. The van der Waals surface area contributed by atoms with Crippen LogP contribution in [0.5, 0.6) is 5.75 Å². The minimum absolute atomic E-state index is 0.277. The summed E-state index contributed by atoms with van der Waals surface area (Å²) in [5.74, 6) is 0.909. The van der Waals surface area contributed by atoms with Crippen molar-refractivity contribution in [2.75, 3.05) is 12.4 Å². The standard InChI is InChI=1S/C25H20FN5O/c1-16-14-18(12-13-27-16)21-11-10-20(15-23(21)32-2)28-25-29-24-5-3-4-22(31(24)30-25)17-6-8-19(26)9-7-17/h3-15H,1-2H3,(H,28,30). The normalized spacial score (nSPS) is 11.0. The number of ether oxygens (including phenoxy) is 1. The molecule has 0 amide bonds. The van der Waals surface area contributed by atoms with Gasteiger partial charge >= 0.3 is 0 Å². The van der Waals surface area contributed by atoms with Crippen LogP contribution in [0.1, 0.15) is 5.69 Å². The van der Waals surface area contributed by atoms with E-state index in [1.807, 2.05) is 55.5 Å². The lowest BCUT2D eigenvalue weighted by atomic mass is 10.0. The van der Waals surface area contributed by atoms with Gasteiger partial charge in [0, 0.05) is 34.8 Å². The van der Waals surface area contributed by atoms with Crippen LogP contribution in [0.4, 0.5) is 16.0 Å². The third-order valence-electron chi connectivity index (χ3n) is 5.17. The van der Waals surface area contributed by atoms with E-state index in [9.17, 15) is 4.39 Å². The molecule has 0 atom stereocenters. The number of aromatic nitrogens is 4. The van der Waals surface area contributed by atoms with E-state index < -0.39 is 0 Å². The van der Waals surface area contributed by atoms with Gasteiger partial charge in [0.25, 0.3) is 0 Å². The molecule has 0 aliphatic rings. The van der Waals surface area contributed by atoms with Crippen LogP contribution in [0.15, 0.2) is 79.0 Å². The number of benzene rings is 2. The summed E-state index contributed by atoms with van der Waals surface area (Å²) < 4.78 is 20.7. The van der Waals surface area contributed by atoms with Crippen molar-refractivity contribution in [3.8, 4) is 28.1 Å². The number of pyridine rings is 2. The largest absolute Gasteiger partial charge is 0.496 e. The summed E-state index contributed by atoms with van der Waals surface area (Å²) in [4.78, 5) is 8.83. The highest BCUT2D eigenvalue weighted by Crippen LogP contribution is 2.33. The van der Waals surface area contributed by atoms with Crippen molar-refractivity contribution in [3.05, 3.63) is 90.5 Å². The summed E-state index contributed by atoms with van der Waals surface area (Å²) in [6, 6.07) is 21.9. The minimum atomic E-state index is -0.277. The van der Waals surface area contributed by atoms with Crippen LogP contribution in [0, 0.1) is 12.7 Å². The van der Waals surface area contributed by atoms with Crippen LogP contribution in [-0.4, -0.2) is 26.7 Å². The first-order chi connectivity index (χ1) is 15.6. The molecule has 2 aromatic carbocycles. The number of methoxy groups -OCH3 is 1. The Kier molecular flexibility index (Phi) is 4.99. The molecule has 0 fully saturated rings. The highest BCUT2D eigenvalue weighted by atomic mass is 19.1. The quantitative estimate of drug-likeness (QED) is 0.394. The van der Waals surface area contributed by atoms with E-state index in [0.29, 0.717) is 11.6 Å². The van der Waals surface area contributed by atoms with E-state index in [2.05, 4.69) is 20.4 Å². The van der Waals surface area contributed by atoms with Crippen molar-refractivity contribution in [1.29, 1.82) is 0 Å². The lowest BCUT2D eigenvalue weighted by Crippen LogP contribution is -1.97. The van der Waals surface area contributed by atoms with Crippen molar-refractivity contribution in [3.63, 3.8) is 0 Å². The Morgan fingerprint density at radius 1 is 0.938 bits per heavy atom. The first kappa shape index (κ1) is 19.7. The molecule has 0 saturated heterocycles. The van der Waals surface area contributed by atoms with Gasteiger partial charge in [-0.3, -0.25) is 4.98 Å². The Morgan fingerprint density at radius 3 is 2.56 bits per heavy atom. The second-order valence-electron chi connectivity index (χ2n) is 7.35. The molecule has 0 bridgehead atoms. The van der Waals surface area contributed by atoms with E-state index in [4.69, 9.17) is 4.74 Å². The van der Waals surface area contributed by atoms with Crippen LogP contribution < -0.4 is 10.1 Å². The fraction of sp³-hybridized carbons (Fsp3) is 0.0800. The van der Waals surface area contributed by atoms with E-state index in [0.717, 1.165) is 39.5 Å². The molecule has 158 valence electrons. The first-order valence-corrected chi connectivity index (χ1v) is 10.1. The summed E-state index contributed by atoms with van der Waals surface area (Å²) in [6.07, 6.45) is 1.79. The number of nitrogens with one attached hydrogen (secondary N) is 1. The van der Waals surface area contributed by atoms with Crippen molar-refractivity contribution in [2.45, 2.75) is 6.92 Å². The molecule has 0 spiro atoms. The Labute approximate surface area is 184 Å². The average molecular weight is 425 g/mol. The second kappa shape index (κ2) is 8.11. The van der Waals surface area contributed by atoms with Crippen molar-refractivity contribution >= 4 is 17.3 Å². The predicted molar refractivity (Wildman–Crippen MR) is 123 cm³/mol. The van der Waals surface area contributed by atoms with Crippen LogP contribution in [0.2, 0.25) is 0 Å². The van der Waals surface area contributed by atoms with E-state index >= 15 is 0 Å². The molecule has 5 aromatic rings. The molecule has 0 aliphatic carbocycles. The Bertz CT molecular complexity index is 1410. The van der Waals surface area contributed by atoms with E-state index in [-0.39, 0.29) is 5.82 Å². The molecule has 0 unspecified atom stereocenters. The molecule has 0 radical (unpaired) electrons. The van der Waals surface area contributed by atoms with Gasteiger partial charge < -0.3 is 10.1 Å². The molecule has 6 nitrogen and oxygen atoms in total. The highest BCUT2D eigenvalue weighted by Gasteiger charge is 2.12. The maximum absolute atomic E-state index is 13.3. The summed E-state index contributed by atoms with van der Waals surface area (Å²) in [7, 11) is 1.65. The predicted octanol–water partition coefficient (Wildman–Crippen LogP) is 5.66. The molecule has 0 aliphatic heterocycles. The van der Waals surface area contributed by atoms with E-state index in [1.165, 1.54) is 12.1 Å². The van der Waals surface area contributed by atoms with Gasteiger partial charge in [0.05, 0.1) is 12.8 Å². The highest BCUT2D eigenvalue weighted by molar-refractivity contribution is 5.74. The van der Waals surface area contributed by atoms with Crippen LogP contribution in [0.3, 0.4) is 0 Å². The van der Waals surface area contributed by atoms with Crippen molar-refractivity contribution in [1.82, 2.24) is 19.6 Å². The lowest BCUT2D eigenvalue weighted by molar-refractivity contribution is 0.416. The van der Waals surface area contributed by atoms with Gasteiger partial charge in [0.15, 0.2) is 5.65 Å². The molecule has 3 heterocycles. The summed E-state index contributed by atoms with van der Waals surface area (Å²) in [5.41, 5.74) is 6.12. The Morgan fingerprint density at radius 2 is 1.78 bits per heavy atom. The smallest absolute Gasteiger partial charge is 0.247 e. The van der Waals surface area contributed by atoms with Crippen LogP contribution in [0.25, 0.3) is 28.0 Å². The van der Waals surface area contributed by atoms with Gasteiger partial charge in [-0.25, -0.2) is 8.91 Å². The SMILES string of the molecule is COc1cc(Nc2nc3cccc(-c4ccc(F)cc4)n3n2)ccc1-c1ccnc(C)c1. The zero-order valence-corrected chi connectivity index (χ0v) is 17.6. The van der Waals surface area contributed by atoms with Gasteiger partial charge in [-0.2, -0.15) is 4.98 Å². The fourth-order valence-corrected chi connectivity index (χ4v) is 3.65. The van der Waals surface area contributed by atoms with Crippen LogP contribution >= 0.6 is 0 Å². The molecule has 1 N–H and O–H groups in total. The number of aryl methyl sites for hydroxylation is 1. The molecule has 3 aromatic heterocycles. The summed E-state index contributed by atoms with van der Waals surface area (Å²) >= 11 is 0. The minimum Gasteiger partial charge on any atom is -0.496 e. The zero-order valence-electron chi connectivity index (χ0n) is 17.6. The third-order valence-corrected chi connectivity index (χ3v) is 5.17. The van der Waals surface area contributed by atoms with Gasteiger partial charge in [0.2, 0.25) is 5.95 Å². The molecule has 5 rings (SSSR count). The van der Waals surface area contributed by atoms with Gasteiger partial charge in [0.1, 0.15) is 11.6 Å². The number of hydrogen-bond acceptors (Lipinski definition) is 5. The molecular formula is C25H20FN5O. The molecule has 32 heavy (non-hydrogen) atoms. The van der Waals surface area contributed by atoms with Crippen molar-refractivity contribution < 1.29 is 9.13 Å². The topological polar surface area (TPSA) is 64.3 Å². The number of fused-ring (bicyclic) bond motifs is 1. The van der Waals surface area contributed by atoms with Gasteiger partial charge in [-0.1, -0.05) is 6.07 Å². The number of hydrogen-bond donors (Lipinski definition) is 1. The van der Waals surface area contributed by atoms with Gasteiger partial charge in [-0.15, -0.1) is 5.10 Å².